The van der Waals surface area contributed by atoms with Crippen molar-refractivity contribution in [2.75, 3.05) is 20.0 Å². The molecule has 0 bridgehead atoms. The molecule has 0 saturated heterocycles. The van der Waals surface area contributed by atoms with Crippen LogP contribution in [0.4, 0.5) is 0 Å². The van der Waals surface area contributed by atoms with E-state index < -0.39 is 0 Å². The zero-order valence-corrected chi connectivity index (χ0v) is 10.4. The number of fused-ring (bicyclic) bond motifs is 2. The molecule has 0 fully saturated rings. The van der Waals surface area contributed by atoms with Crippen molar-refractivity contribution in [3.05, 3.63) is 48.5 Å². The molecular formula is C15H14O4. The molecular weight excluding hydrogens is 244 g/mol. The smallest absolute Gasteiger partial charge is 0.231 e. The SMILES string of the molecule is c1ccc2c(c1)OCCO2.c1ccc2c(c1)OCO2. The fraction of sp³-hybridized carbons (Fsp3) is 0.200. The van der Waals surface area contributed by atoms with Gasteiger partial charge in [0.2, 0.25) is 6.79 Å². The minimum Gasteiger partial charge on any atom is -0.486 e. The summed E-state index contributed by atoms with van der Waals surface area (Å²) < 4.78 is 20.7. The van der Waals surface area contributed by atoms with Crippen LogP contribution in [0.3, 0.4) is 0 Å². The molecule has 98 valence electrons. The summed E-state index contributed by atoms with van der Waals surface area (Å²) in [5.41, 5.74) is 0. The van der Waals surface area contributed by atoms with E-state index in [-0.39, 0.29) is 0 Å². The summed E-state index contributed by atoms with van der Waals surface area (Å²) in [5, 5.41) is 0. The maximum atomic E-state index is 5.30. The van der Waals surface area contributed by atoms with Crippen LogP contribution in [0.25, 0.3) is 0 Å². The lowest BCUT2D eigenvalue weighted by Crippen LogP contribution is -2.14. The molecule has 0 atom stereocenters. The molecule has 0 aliphatic carbocycles. The third-order valence-corrected chi connectivity index (χ3v) is 2.73. The van der Waals surface area contributed by atoms with Crippen molar-refractivity contribution in [1.82, 2.24) is 0 Å². The zero-order chi connectivity index (χ0) is 12.9. The van der Waals surface area contributed by atoms with Crippen molar-refractivity contribution in [2.24, 2.45) is 0 Å². The maximum absolute atomic E-state index is 5.30. The van der Waals surface area contributed by atoms with E-state index in [1.165, 1.54) is 0 Å². The molecule has 0 aromatic heterocycles. The molecule has 2 aromatic carbocycles. The van der Waals surface area contributed by atoms with E-state index in [0.29, 0.717) is 20.0 Å². The number of para-hydroxylation sites is 4. The molecule has 0 spiro atoms. The van der Waals surface area contributed by atoms with E-state index in [9.17, 15) is 0 Å². The first kappa shape index (κ1) is 11.7. The molecule has 2 aliphatic heterocycles. The van der Waals surface area contributed by atoms with Gasteiger partial charge in [0.05, 0.1) is 0 Å². The van der Waals surface area contributed by atoms with Gasteiger partial charge in [0, 0.05) is 0 Å². The summed E-state index contributed by atoms with van der Waals surface area (Å²) in [6.07, 6.45) is 0. The Hall–Kier alpha value is -2.36. The lowest BCUT2D eigenvalue weighted by atomic mass is 10.3. The average Bonchev–Trinajstić information content (AvgIpc) is 2.96. The fourth-order valence-corrected chi connectivity index (χ4v) is 1.84. The third-order valence-electron chi connectivity index (χ3n) is 2.73. The highest BCUT2D eigenvalue weighted by molar-refractivity contribution is 5.41. The predicted octanol–water partition coefficient (Wildman–Crippen LogP) is 2.87. The van der Waals surface area contributed by atoms with E-state index in [0.717, 1.165) is 23.0 Å². The van der Waals surface area contributed by atoms with Gasteiger partial charge in [-0.1, -0.05) is 24.3 Å². The van der Waals surface area contributed by atoms with E-state index in [4.69, 9.17) is 18.9 Å². The Balaban J connectivity index is 0.000000117. The van der Waals surface area contributed by atoms with Crippen molar-refractivity contribution < 1.29 is 18.9 Å². The number of benzene rings is 2. The molecule has 2 aliphatic rings. The predicted molar refractivity (Wildman–Crippen MR) is 70.0 cm³/mol. The fourth-order valence-electron chi connectivity index (χ4n) is 1.84. The highest BCUT2D eigenvalue weighted by Gasteiger charge is 2.09. The molecule has 19 heavy (non-hydrogen) atoms. The standard InChI is InChI=1S/C8H8O2.C7H6O2/c1-2-4-8-7(3-1)9-5-6-10-8;1-2-4-7-6(3-1)8-5-9-7/h1-4H,5-6H2;1-4H,5H2. The summed E-state index contributed by atoms with van der Waals surface area (Å²) in [5.74, 6) is 3.40. The van der Waals surface area contributed by atoms with Crippen LogP contribution in [-0.4, -0.2) is 20.0 Å². The first-order chi connectivity index (χ1) is 9.43. The van der Waals surface area contributed by atoms with E-state index in [2.05, 4.69) is 0 Å². The normalized spacial score (nSPS) is 14.3. The zero-order valence-electron chi connectivity index (χ0n) is 10.4. The Morgan fingerprint density at radius 2 is 0.895 bits per heavy atom. The second-order valence-electron chi connectivity index (χ2n) is 4.00. The number of hydrogen-bond donors (Lipinski definition) is 0. The molecule has 2 aromatic rings. The first-order valence-electron chi connectivity index (χ1n) is 6.13. The van der Waals surface area contributed by atoms with E-state index >= 15 is 0 Å². The van der Waals surface area contributed by atoms with Crippen molar-refractivity contribution >= 4 is 0 Å². The number of rotatable bonds is 0. The van der Waals surface area contributed by atoms with E-state index in [1.807, 2.05) is 48.5 Å². The third kappa shape index (κ3) is 2.73. The van der Waals surface area contributed by atoms with Gasteiger partial charge in [-0.3, -0.25) is 0 Å². The quantitative estimate of drug-likeness (QED) is 0.728. The Morgan fingerprint density at radius 1 is 0.526 bits per heavy atom. The average molecular weight is 258 g/mol. The van der Waals surface area contributed by atoms with Gasteiger partial charge in [0.15, 0.2) is 23.0 Å². The van der Waals surface area contributed by atoms with Crippen LogP contribution < -0.4 is 18.9 Å². The summed E-state index contributed by atoms with van der Waals surface area (Å²) in [4.78, 5) is 0. The summed E-state index contributed by atoms with van der Waals surface area (Å²) >= 11 is 0. The number of hydrogen-bond acceptors (Lipinski definition) is 4. The molecule has 2 heterocycles. The van der Waals surface area contributed by atoms with Gasteiger partial charge in [0.1, 0.15) is 13.2 Å². The Kier molecular flexibility index (Phi) is 3.40. The van der Waals surface area contributed by atoms with Gasteiger partial charge in [-0.15, -0.1) is 0 Å². The Labute approximate surface area is 111 Å². The topological polar surface area (TPSA) is 36.9 Å². The van der Waals surface area contributed by atoms with Crippen molar-refractivity contribution in [1.29, 1.82) is 0 Å². The number of ether oxygens (including phenoxy) is 4. The summed E-state index contributed by atoms with van der Waals surface area (Å²) in [7, 11) is 0. The first-order valence-corrected chi connectivity index (χ1v) is 6.13. The molecule has 0 amide bonds. The molecule has 4 rings (SSSR count). The molecule has 0 unspecified atom stereocenters. The lowest BCUT2D eigenvalue weighted by Gasteiger charge is -2.17. The molecule has 0 saturated carbocycles. The molecule has 4 heteroatoms. The van der Waals surface area contributed by atoms with Crippen molar-refractivity contribution in [3.8, 4) is 23.0 Å². The van der Waals surface area contributed by atoms with Gasteiger partial charge >= 0.3 is 0 Å². The molecule has 4 nitrogen and oxygen atoms in total. The highest BCUT2D eigenvalue weighted by atomic mass is 16.7. The van der Waals surface area contributed by atoms with Gasteiger partial charge in [-0.05, 0) is 24.3 Å². The van der Waals surface area contributed by atoms with Gasteiger partial charge < -0.3 is 18.9 Å². The van der Waals surface area contributed by atoms with Crippen LogP contribution in [-0.2, 0) is 0 Å². The monoisotopic (exact) mass is 258 g/mol. The van der Waals surface area contributed by atoms with Gasteiger partial charge in [0.25, 0.3) is 0 Å². The second-order valence-corrected chi connectivity index (χ2v) is 4.00. The largest absolute Gasteiger partial charge is 0.486 e. The van der Waals surface area contributed by atoms with Crippen molar-refractivity contribution in [3.63, 3.8) is 0 Å². The van der Waals surface area contributed by atoms with Crippen LogP contribution in [0.1, 0.15) is 0 Å². The lowest BCUT2D eigenvalue weighted by molar-refractivity contribution is 0.171. The van der Waals surface area contributed by atoms with Crippen LogP contribution in [0.15, 0.2) is 48.5 Å². The van der Waals surface area contributed by atoms with E-state index in [1.54, 1.807) is 0 Å². The minimum atomic E-state index is 0.360. The minimum absolute atomic E-state index is 0.360. The summed E-state index contributed by atoms with van der Waals surface area (Å²) in [6.45, 7) is 1.69. The van der Waals surface area contributed by atoms with Crippen LogP contribution >= 0.6 is 0 Å². The Morgan fingerprint density at radius 3 is 1.32 bits per heavy atom. The van der Waals surface area contributed by atoms with Gasteiger partial charge in [-0.2, -0.15) is 0 Å². The van der Waals surface area contributed by atoms with Crippen LogP contribution in [0, 0.1) is 0 Å². The summed E-state index contributed by atoms with van der Waals surface area (Å²) in [6, 6.07) is 15.3. The highest BCUT2D eigenvalue weighted by Crippen LogP contribution is 2.30. The maximum Gasteiger partial charge on any atom is 0.231 e. The molecule has 0 N–H and O–H groups in total. The molecule has 0 radical (unpaired) electrons. The Bertz CT molecular complexity index is 505. The van der Waals surface area contributed by atoms with Crippen LogP contribution in [0.5, 0.6) is 23.0 Å². The van der Waals surface area contributed by atoms with Crippen LogP contribution in [0.2, 0.25) is 0 Å². The second kappa shape index (κ2) is 5.52. The van der Waals surface area contributed by atoms with Crippen molar-refractivity contribution in [2.45, 2.75) is 0 Å². The van der Waals surface area contributed by atoms with Gasteiger partial charge in [-0.25, -0.2) is 0 Å².